The van der Waals surface area contributed by atoms with Crippen LogP contribution in [-0.4, -0.2) is 19.6 Å². The maximum Gasteiger partial charge on any atom is 0.142 e. The Morgan fingerprint density at radius 1 is 0.565 bits per heavy atom. The van der Waals surface area contributed by atoms with E-state index in [0.29, 0.717) is 41.1 Å². The van der Waals surface area contributed by atoms with Gasteiger partial charge in [-0.25, -0.2) is 0 Å². The molecule has 11 rings (SSSR count). The SMILES string of the molecule is Oc1c(-c2cn(-c3c(-c4ccccc4)cccc3-c3ccccc3)c(-c3[c-]cccc3)n2)cc2c(oc3ccccc32)c1Cc1ccccc1Cc1cncc2ccccc12.[Pt]. The molecule has 5 nitrogen and oxygen atoms in total. The van der Waals surface area contributed by atoms with Crippen LogP contribution in [0.1, 0.15) is 22.3 Å². The number of nitrogens with zero attached hydrogens (tertiary/aromatic N) is 3. The van der Waals surface area contributed by atoms with Crippen molar-refractivity contribution in [2.45, 2.75) is 12.8 Å². The Labute approximate surface area is 373 Å². The summed E-state index contributed by atoms with van der Waals surface area (Å²) in [6, 6.07) is 65.7. The number of pyridine rings is 1. The Morgan fingerprint density at radius 3 is 1.94 bits per heavy atom. The molecule has 11 aromatic rings. The third kappa shape index (κ3) is 7.01. The third-order valence-corrected chi connectivity index (χ3v) is 11.7. The summed E-state index contributed by atoms with van der Waals surface area (Å²) in [6.45, 7) is 0. The Bertz CT molecular complexity index is 3310. The number of benzene rings is 8. The van der Waals surface area contributed by atoms with E-state index in [-0.39, 0.29) is 26.8 Å². The first-order chi connectivity index (χ1) is 30.2. The van der Waals surface area contributed by atoms with E-state index in [0.717, 1.165) is 71.9 Å². The quantitative estimate of drug-likeness (QED) is 0.146. The molecule has 0 radical (unpaired) electrons. The maximum absolute atomic E-state index is 12.7. The topological polar surface area (TPSA) is 64.1 Å². The van der Waals surface area contributed by atoms with E-state index in [1.165, 1.54) is 5.39 Å². The fourth-order valence-corrected chi connectivity index (χ4v) is 8.80. The summed E-state index contributed by atoms with van der Waals surface area (Å²) < 4.78 is 8.82. The summed E-state index contributed by atoms with van der Waals surface area (Å²) in [5.41, 5.74) is 12.9. The van der Waals surface area contributed by atoms with Crippen molar-refractivity contribution in [1.82, 2.24) is 14.5 Å². The van der Waals surface area contributed by atoms with Gasteiger partial charge in [0, 0.05) is 84.5 Å². The molecule has 0 spiro atoms. The molecule has 0 saturated heterocycles. The van der Waals surface area contributed by atoms with Gasteiger partial charge in [-0.15, -0.1) is 35.9 Å². The number of phenols is 1. The van der Waals surface area contributed by atoms with E-state index in [2.05, 4.69) is 137 Å². The molecule has 3 aromatic heterocycles. The molecule has 300 valence electrons. The average Bonchev–Trinajstić information content (AvgIpc) is 3.93. The smallest absolute Gasteiger partial charge is 0.142 e. The fraction of sp³-hybridized carbons (Fsp3) is 0.0357. The van der Waals surface area contributed by atoms with E-state index < -0.39 is 0 Å². The van der Waals surface area contributed by atoms with E-state index in [9.17, 15) is 5.11 Å². The van der Waals surface area contributed by atoms with Crippen LogP contribution in [0.15, 0.2) is 205 Å². The number of hydrogen-bond acceptors (Lipinski definition) is 4. The van der Waals surface area contributed by atoms with Gasteiger partial charge in [-0.05, 0) is 51.8 Å². The first-order valence-corrected chi connectivity index (χ1v) is 20.5. The van der Waals surface area contributed by atoms with E-state index >= 15 is 0 Å². The van der Waals surface area contributed by atoms with Gasteiger partial charge in [0.2, 0.25) is 0 Å². The van der Waals surface area contributed by atoms with Crippen LogP contribution in [-0.2, 0) is 33.9 Å². The number of hydrogen-bond donors (Lipinski definition) is 1. The third-order valence-electron chi connectivity index (χ3n) is 11.7. The molecule has 62 heavy (non-hydrogen) atoms. The van der Waals surface area contributed by atoms with Crippen molar-refractivity contribution in [2.24, 2.45) is 0 Å². The van der Waals surface area contributed by atoms with Crippen molar-refractivity contribution in [3.05, 3.63) is 229 Å². The predicted octanol–water partition coefficient (Wildman–Crippen LogP) is 13.7. The zero-order chi connectivity index (χ0) is 40.7. The van der Waals surface area contributed by atoms with Crippen LogP contribution in [0, 0.1) is 6.07 Å². The first kappa shape index (κ1) is 38.8. The maximum atomic E-state index is 12.7. The van der Waals surface area contributed by atoms with Gasteiger partial charge in [-0.1, -0.05) is 146 Å². The molecular formula is C56H38N3O2Pt-. The zero-order valence-electron chi connectivity index (χ0n) is 33.5. The number of aromatic nitrogens is 3. The zero-order valence-corrected chi connectivity index (χ0v) is 35.8. The molecule has 0 aliphatic rings. The normalized spacial score (nSPS) is 11.3. The van der Waals surface area contributed by atoms with Crippen LogP contribution >= 0.6 is 0 Å². The number of furan rings is 1. The van der Waals surface area contributed by atoms with Crippen molar-refractivity contribution in [1.29, 1.82) is 0 Å². The van der Waals surface area contributed by atoms with Crippen LogP contribution in [0.4, 0.5) is 0 Å². The fourth-order valence-electron chi connectivity index (χ4n) is 8.80. The molecule has 8 aromatic carbocycles. The Balaban J connectivity index is 0.00000458. The molecule has 0 aliphatic heterocycles. The van der Waals surface area contributed by atoms with Crippen LogP contribution in [0.25, 0.3) is 83.3 Å². The standard InChI is InChI=1S/C56H38N3O2.Pt/c60-54-49(51-36-59(56(58-51)39-21-8-3-9-22-39)53-45(37-17-4-1-5-18-37)28-16-29-46(53)38-19-6-2-7-20-38)33-48-47-27-14-15-30-52(47)61-55(48)50(54)32-41-24-11-10-23-40(41)31-43-35-57-34-42-25-12-13-26-44(42)43;/h1-21,23-30,33-36,60H,31-32H2;/q-1;. The minimum atomic E-state index is 0. The minimum Gasteiger partial charge on any atom is -0.507 e. The molecule has 0 amide bonds. The summed E-state index contributed by atoms with van der Waals surface area (Å²) in [6.07, 6.45) is 7.09. The molecule has 1 N–H and O–H groups in total. The summed E-state index contributed by atoms with van der Waals surface area (Å²) >= 11 is 0. The number of phenolic OH excluding ortho intramolecular Hbond substituents is 1. The van der Waals surface area contributed by atoms with Crippen LogP contribution in [0.5, 0.6) is 5.75 Å². The van der Waals surface area contributed by atoms with Gasteiger partial charge in [0.25, 0.3) is 0 Å². The molecule has 0 fully saturated rings. The second-order valence-electron chi connectivity index (χ2n) is 15.4. The van der Waals surface area contributed by atoms with Crippen LogP contribution in [0.3, 0.4) is 0 Å². The monoisotopic (exact) mass is 979 g/mol. The average molecular weight is 980 g/mol. The van der Waals surface area contributed by atoms with Crippen molar-refractivity contribution in [3.63, 3.8) is 0 Å². The molecular weight excluding hydrogens is 942 g/mol. The molecule has 0 atom stereocenters. The second kappa shape index (κ2) is 16.6. The molecule has 0 bridgehead atoms. The number of fused-ring (bicyclic) bond motifs is 4. The van der Waals surface area contributed by atoms with Gasteiger partial charge in [-0.3, -0.25) is 9.97 Å². The Morgan fingerprint density at radius 2 is 1.21 bits per heavy atom. The molecule has 6 heteroatoms. The molecule has 0 unspecified atom stereocenters. The second-order valence-corrected chi connectivity index (χ2v) is 15.4. The van der Waals surface area contributed by atoms with Crippen LogP contribution in [0.2, 0.25) is 0 Å². The number of para-hydroxylation sites is 2. The van der Waals surface area contributed by atoms with Crippen molar-refractivity contribution in [2.75, 3.05) is 0 Å². The van der Waals surface area contributed by atoms with Gasteiger partial charge in [-0.2, -0.15) is 0 Å². The van der Waals surface area contributed by atoms with Crippen LogP contribution < -0.4 is 0 Å². The van der Waals surface area contributed by atoms with Gasteiger partial charge >= 0.3 is 0 Å². The summed E-state index contributed by atoms with van der Waals surface area (Å²) in [5.74, 6) is 0.851. The van der Waals surface area contributed by atoms with Crippen molar-refractivity contribution in [3.8, 4) is 56.3 Å². The van der Waals surface area contributed by atoms with E-state index in [4.69, 9.17) is 9.40 Å². The first-order valence-electron chi connectivity index (χ1n) is 20.5. The van der Waals surface area contributed by atoms with Gasteiger partial charge in [0.15, 0.2) is 0 Å². The van der Waals surface area contributed by atoms with Gasteiger partial charge in [0.1, 0.15) is 16.9 Å². The molecule has 3 heterocycles. The largest absolute Gasteiger partial charge is 0.507 e. The minimum absolute atomic E-state index is 0. The summed E-state index contributed by atoms with van der Waals surface area (Å²) in [5, 5.41) is 16.9. The van der Waals surface area contributed by atoms with Gasteiger partial charge < -0.3 is 14.1 Å². The Hall–Kier alpha value is -7.33. The Kier molecular flexibility index (Phi) is 10.4. The van der Waals surface area contributed by atoms with Gasteiger partial charge in [0.05, 0.1) is 17.2 Å². The summed E-state index contributed by atoms with van der Waals surface area (Å²) in [4.78, 5) is 9.99. The number of imidazole rings is 1. The van der Waals surface area contributed by atoms with E-state index in [1.807, 2.05) is 79.1 Å². The van der Waals surface area contributed by atoms with E-state index in [1.54, 1.807) is 0 Å². The van der Waals surface area contributed by atoms with Crippen molar-refractivity contribution >= 4 is 32.7 Å². The van der Waals surface area contributed by atoms with Crippen molar-refractivity contribution < 1.29 is 30.6 Å². The number of rotatable bonds is 9. The predicted molar refractivity (Wildman–Crippen MR) is 247 cm³/mol. The molecule has 0 saturated carbocycles. The molecule has 0 aliphatic carbocycles. The summed E-state index contributed by atoms with van der Waals surface area (Å²) in [7, 11) is 0. The number of aromatic hydroxyl groups is 1.